The van der Waals surface area contributed by atoms with E-state index in [9.17, 15) is 5.11 Å². The summed E-state index contributed by atoms with van der Waals surface area (Å²) in [5.74, 6) is 0. The first-order valence-corrected chi connectivity index (χ1v) is 9.20. The molecule has 0 spiro atoms. The molecule has 0 heterocycles. The van der Waals surface area contributed by atoms with E-state index in [1.54, 1.807) is 0 Å². The SMILES string of the molecule is CCCCCC[N+](CCO)(CCCC)CCCCCC.[I-]. The first-order chi connectivity index (χ1) is 9.74. The molecule has 0 unspecified atom stereocenters. The van der Waals surface area contributed by atoms with E-state index in [2.05, 4.69) is 20.8 Å². The van der Waals surface area contributed by atoms with Crippen LogP contribution < -0.4 is 24.0 Å². The van der Waals surface area contributed by atoms with Gasteiger partial charge in [-0.1, -0.05) is 52.9 Å². The third kappa shape index (κ3) is 12.8. The molecule has 130 valence electrons. The van der Waals surface area contributed by atoms with Gasteiger partial charge in [-0.3, -0.25) is 0 Å². The molecular weight excluding hydrogens is 373 g/mol. The molecule has 0 atom stereocenters. The summed E-state index contributed by atoms with van der Waals surface area (Å²) in [6.45, 7) is 12.0. The highest BCUT2D eigenvalue weighted by Crippen LogP contribution is 2.16. The highest BCUT2D eigenvalue weighted by Gasteiger charge is 2.25. The Kier molecular flexibility index (Phi) is 19.4. The van der Waals surface area contributed by atoms with Gasteiger partial charge in [0.1, 0.15) is 6.54 Å². The van der Waals surface area contributed by atoms with Gasteiger partial charge in [0.2, 0.25) is 0 Å². The molecular formula is C18H40INO. The van der Waals surface area contributed by atoms with Crippen molar-refractivity contribution in [1.29, 1.82) is 0 Å². The van der Waals surface area contributed by atoms with E-state index >= 15 is 0 Å². The van der Waals surface area contributed by atoms with Gasteiger partial charge >= 0.3 is 0 Å². The predicted molar refractivity (Wildman–Crippen MR) is 90.0 cm³/mol. The van der Waals surface area contributed by atoms with Gasteiger partial charge in [0.25, 0.3) is 0 Å². The van der Waals surface area contributed by atoms with Crippen LogP contribution in [0.5, 0.6) is 0 Å². The van der Waals surface area contributed by atoms with Crippen LogP contribution in [0.2, 0.25) is 0 Å². The molecule has 0 amide bonds. The number of halogens is 1. The zero-order chi connectivity index (χ0) is 15.1. The Labute approximate surface area is 151 Å². The van der Waals surface area contributed by atoms with Crippen LogP contribution in [0, 0.1) is 0 Å². The predicted octanol–water partition coefficient (Wildman–Crippen LogP) is 1.76. The topological polar surface area (TPSA) is 20.2 Å². The molecule has 0 aromatic rings. The molecule has 0 saturated carbocycles. The van der Waals surface area contributed by atoms with Gasteiger partial charge in [-0.2, -0.15) is 0 Å². The van der Waals surface area contributed by atoms with Crippen molar-refractivity contribution < 1.29 is 33.6 Å². The third-order valence-electron chi connectivity index (χ3n) is 4.53. The van der Waals surface area contributed by atoms with Crippen molar-refractivity contribution in [3.8, 4) is 0 Å². The van der Waals surface area contributed by atoms with Crippen molar-refractivity contribution >= 4 is 0 Å². The number of nitrogens with zero attached hydrogens (tertiary/aromatic N) is 1. The first-order valence-electron chi connectivity index (χ1n) is 9.20. The van der Waals surface area contributed by atoms with Gasteiger partial charge in [-0.15, -0.1) is 0 Å². The van der Waals surface area contributed by atoms with Gasteiger partial charge < -0.3 is 33.6 Å². The minimum Gasteiger partial charge on any atom is -1.00 e. The Morgan fingerprint density at radius 1 is 0.571 bits per heavy atom. The summed E-state index contributed by atoms with van der Waals surface area (Å²) < 4.78 is 1.18. The Morgan fingerprint density at radius 2 is 1.00 bits per heavy atom. The molecule has 0 aliphatic rings. The highest BCUT2D eigenvalue weighted by molar-refractivity contribution is 4.50. The molecule has 3 heteroatoms. The van der Waals surface area contributed by atoms with E-state index in [1.807, 2.05) is 0 Å². The molecule has 0 aromatic carbocycles. The van der Waals surface area contributed by atoms with Crippen LogP contribution in [-0.2, 0) is 0 Å². The summed E-state index contributed by atoms with van der Waals surface area (Å²) in [5, 5.41) is 9.49. The van der Waals surface area contributed by atoms with Crippen molar-refractivity contribution in [3.63, 3.8) is 0 Å². The van der Waals surface area contributed by atoms with Crippen LogP contribution >= 0.6 is 0 Å². The maximum absolute atomic E-state index is 9.49. The number of hydrogen-bond donors (Lipinski definition) is 1. The van der Waals surface area contributed by atoms with Crippen LogP contribution in [0.4, 0.5) is 0 Å². The van der Waals surface area contributed by atoms with E-state index in [4.69, 9.17) is 0 Å². The molecule has 0 aromatic heterocycles. The molecule has 2 nitrogen and oxygen atoms in total. The molecule has 0 fully saturated rings. The zero-order valence-electron chi connectivity index (χ0n) is 14.9. The quantitative estimate of drug-likeness (QED) is 0.247. The molecule has 0 aliphatic carbocycles. The number of hydrogen-bond acceptors (Lipinski definition) is 1. The van der Waals surface area contributed by atoms with Crippen LogP contribution in [0.15, 0.2) is 0 Å². The van der Waals surface area contributed by atoms with Gasteiger partial charge in [-0.25, -0.2) is 0 Å². The summed E-state index contributed by atoms with van der Waals surface area (Å²) in [7, 11) is 0. The normalized spacial score (nSPS) is 11.4. The highest BCUT2D eigenvalue weighted by atomic mass is 127. The molecule has 0 aliphatic heterocycles. The lowest BCUT2D eigenvalue weighted by atomic mass is 10.1. The van der Waals surface area contributed by atoms with Crippen molar-refractivity contribution in [1.82, 2.24) is 0 Å². The largest absolute Gasteiger partial charge is 1.00 e. The lowest BCUT2D eigenvalue weighted by molar-refractivity contribution is -0.929. The second-order valence-corrected chi connectivity index (χ2v) is 6.43. The minimum absolute atomic E-state index is 0. The number of unbranched alkanes of at least 4 members (excludes halogenated alkanes) is 7. The van der Waals surface area contributed by atoms with E-state index in [-0.39, 0.29) is 24.0 Å². The molecule has 0 saturated heterocycles. The average Bonchev–Trinajstić information content (AvgIpc) is 2.46. The van der Waals surface area contributed by atoms with Crippen molar-refractivity contribution in [2.45, 2.75) is 85.0 Å². The fraction of sp³-hybridized carbons (Fsp3) is 1.00. The maximum atomic E-state index is 9.49. The van der Waals surface area contributed by atoms with E-state index in [0.29, 0.717) is 6.61 Å². The number of rotatable bonds is 15. The third-order valence-corrected chi connectivity index (χ3v) is 4.53. The standard InChI is InChI=1S/C18H40NO.HI/c1-4-7-10-12-15-19(17-18-20,14-9-6-3)16-13-11-8-5-2;/h20H,4-18H2,1-3H3;1H/q+1;/p-1. The van der Waals surface area contributed by atoms with Crippen LogP contribution in [0.1, 0.15) is 85.0 Å². The Morgan fingerprint density at radius 3 is 1.38 bits per heavy atom. The summed E-state index contributed by atoms with van der Waals surface area (Å²) in [6, 6.07) is 0. The zero-order valence-corrected chi connectivity index (χ0v) is 17.0. The smallest absolute Gasteiger partial charge is 0.102 e. The Balaban J connectivity index is 0. The maximum Gasteiger partial charge on any atom is 0.102 e. The molecule has 0 rings (SSSR count). The van der Waals surface area contributed by atoms with Crippen LogP contribution in [0.3, 0.4) is 0 Å². The Bertz CT molecular complexity index is 188. The summed E-state index contributed by atoms with van der Waals surface area (Å²) in [5.41, 5.74) is 0. The van der Waals surface area contributed by atoms with Gasteiger partial charge in [0.15, 0.2) is 0 Å². The monoisotopic (exact) mass is 413 g/mol. The van der Waals surface area contributed by atoms with Gasteiger partial charge in [-0.05, 0) is 32.1 Å². The van der Waals surface area contributed by atoms with Crippen LogP contribution in [0.25, 0.3) is 0 Å². The van der Waals surface area contributed by atoms with Gasteiger partial charge in [0.05, 0.1) is 26.2 Å². The minimum atomic E-state index is 0. The van der Waals surface area contributed by atoms with E-state index in [0.717, 1.165) is 6.54 Å². The second kappa shape index (κ2) is 17.0. The lowest BCUT2D eigenvalue weighted by Crippen LogP contribution is -3.00. The Hall–Kier alpha value is 0.650. The molecule has 21 heavy (non-hydrogen) atoms. The summed E-state index contributed by atoms with van der Waals surface area (Å²) >= 11 is 0. The average molecular weight is 413 g/mol. The van der Waals surface area contributed by atoms with E-state index in [1.165, 1.54) is 88.3 Å². The van der Waals surface area contributed by atoms with Crippen molar-refractivity contribution in [3.05, 3.63) is 0 Å². The molecule has 0 bridgehead atoms. The fourth-order valence-corrected chi connectivity index (χ4v) is 3.12. The molecule has 0 radical (unpaired) electrons. The summed E-state index contributed by atoms with van der Waals surface area (Å²) in [4.78, 5) is 0. The lowest BCUT2D eigenvalue weighted by Gasteiger charge is -2.39. The van der Waals surface area contributed by atoms with Crippen molar-refractivity contribution in [2.24, 2.45) is 0 Å². The number of aliphatic hydroxyl groups is 1. The van der Waals surface area contributed by atoms with E-state index < -0.39 is 0 Å². The van der Waals surface area contributed by atoms with Crippen LogP contribution in [-0.4, -0.2) is 42.4 Å². The second-order valence-electron chi connectivity index (χ2n) is 6.43. The first kappa shape index (κ1) is 23.9. The number of quaternary nitrogens is 1. The fourth-order valence-electron chi connectivity index (χ4n) is 3.12. The number of aliphatic hydroxyl groups excluding tert-OH is 1. The van der Waals surface area contributed by atoms with Gasteiger partial charge in [0, 0.05) is 0 Å². The molecule has 1 N–H and O–H groups in total. The van der Waals surface area contributed by atoms with Crippen molar-refractivity contribution in [2.75, 3.05) is 32.8 Å². The summed E-state index contributed by atoms with van der Waals surface area (Å²) in [6.07, 6.45) is 13.3.